The van der Waals surface area contributed by atoms with E-state index in [2.05, 4.69) is 9.88 Å². The van der Waals surface area contributed by atoms with Gasteiger partial charge in [-0.25, -0.2) is 8.42 Å². The van der Waals surface area contributed by atoms with Gasteiger partial charge in [0.05, 0.1) is 17.4 Å². The Hall–Kier alpha value is -2.90. The third-order valence-electron chi connectivity index (χ3n) is 6.29. The van der Waals surface area contributed by atoms with Gasteiger partial charge in [-0.1, -0.05) is 13.0 Å². The SMILES string of the molecule is CO[C@H]1CN(C)C(=O)c2cc(NS(=O)(=O)CC(F)(F)F)ccc2OC[C@H](C)N(Cc2ccccn2)C[C@@H]1C. The highest BCUT2D eigenvalue weighted by molar-refractivity contribution is 7.92. The first-order valence-electron chi connectivity index (χ1n) is 12.0. The number of carbonyl (C=O) groups is 1. The molecule has 2 heterocycles. The number of benzene rings is 1. The first kappa shape index (κ1) is 29.7. The van der Waals surface area contributed by atoms with E-state index in [1.165, 1.54) is 23.1 Å². The summed E-state index contributed by atoms with van der Waals surface area (Å²) >= 11 is 0. The average Bonchev–Trinajstić information content (AvgIpc) is 2.83. The molecule has 1 aliphatic heterocycles. The Morgan fingerprint density at radius 2 is 1.92 bits per heavy atom. The zero-order valence-electron chi connectivity index (χ0n) is 21.7. The number of likely N-dealkylation sites (N-methyl/N-ethyl adjacent to an activating group) is 1. The van der Waals surface area contributed by atoms with Crippen LogP contribution in [0, 0.1) is 5.92 Å². The van der Waals surface area contributed by atoms with Gasteiger partial charge in [0.1, 0.15) is 12.4 Å². The number of halogens is 3. The minimum absolute atomic E-state index is 0.0146. The van der Waals surface area contributed by atoms with E-state index in [0.29, 0.717) is 13.1 Å². The molecule has 9 nitrogen and oxygen atoms in total. The summed E-state index contributed by atoms with van der Waals surface area (Å²) < 4.78 is 75.7. The first-order chi connectivity index (χ1) is 17.8. The maximum absolute atomic E-state index is 13.4. The highest BCUT2D eigenvalue weighted by Crippen LogP contribution is 2.28. The second-order valence-corrected chi connectivity index (χ2v) is 11.3. The lowest BCUT2D eigenvalue weighted by Gasteiger charge is -2.35. The lowest BCUT2D eigenvalue weighted by molar-refractivity contribution is -0.106. The molecule has 0 radical (unpaired) electrons. The molecule has 0 saturated heterocycles. The van der Waals surface area contributed by atoms with Crippen molar-refractivity contribution in [2.75, 3.05) is 44.3 Å². The molecule has 0 saturated carbocycles. The number of hydrogen-bond acceptors (Lipinski definition) is 7. The lowest BCUT2D eigenvalue weighted by Crippen LogP contribution is -2.46. The normalized spacial score (nSPS) is 22.1. The van der Waals surface area contributed by atoms with Gasteiger partial charge in [-0.05, 0) is 43.2 Å². The third-order valence-corrected chi connectivity index (χ3v) is 7.55. The van der Waals surface area contributed by atoms with Crippen LogP contribution in [0.5, 0.6) is 5.75 Å². The monoisotopic (exact) mass is 558 g/mol. The number of fused-ring (bicyclic) bond motifs is 1. The van der Waals surface area contributed by atoms with Crippen molar-refractivity contribution in [3.05, 3.63) is 53.9 Å². The summed E-state index contributed by atoms with van der Waals surface area (Å²) in [6.45, 7) is 5.64. The van der Waals surface area contributed by atoms with Crippen LogP contribution in [0.15, 0.2) is 42.6 Å². The summed E-state index contributed by atoms with van der Waals surface area (Å²) in [6, 6.07) is 9.42. The molecule has 1 N–H and O–H groups in total. The topological polar surface area (TPSA) is 101 Å². The lowest BCUT2D eigenvalue weighted by atomic mass is 10.0. The quantitative estimate of drug-likeness (QED) is 0.580. The van der Waals surface area contributed by atoms with Crippen LogP contribution in [0.2, 0.25) is 0 Å². The number of alkyl halides is 3. The Balaban J connectivity index is 1.94. The summed E-state index contributed by atoms with van der Waals surface area (Å²) in [5.41, 5.74) is 0.731. The van der Waals surface area contributed by atoms with E-state index < -0.39 is 27.9 Å². The van der Waals surface area contributed by atoms with Crippen LogP contribution >= 0.6 is 0 Å². The van der Waals surface area contributed by atoms with Crippen LogP contribution in [0.1, 0.15) is 29.9 Å². The largest absolute Gasteiger partial charge is 0.491 e. The minimum atomic E-state index is -4.91. The molecule has 38 heavy (non-hydrogen) atoms. The molecule has 1 aromatic heterocycles. The van der Waals surface area contributed by atoms with E-state index in [1.807, 2.05) is 36.8 Å². The molecule has 0 unspecified atom stereocenters. The van der Waals surface area contributed by atoms with Gasteiger partial charge in [0, 0.05) is 51.7 Å². The molecule has 13 heteroatoms. The molecular formula is C25H33F3N4O5S. The average molecular weight is 559 g/mol. The van der Waals surface area contributed by atoms with Crippen molar-refractivity contribution >= 4 is 21.6 Å². The number of aromatic nitrogens is 1. The van der Waals surface area contributed by atoms with Gasteiger partial charge in [-0.15, -0.1) is 0 Å². The summed E-state index contributed by atoms with van der Waals surface area (Å²) in [7, 11) is -1.58. The molecule has 0 fully saturated rings. The zero-order valence-corrected chi connectivity index (χ0v) is 22.6. The fourth-order valence-electron chi connectivity index (χ4n) is 4.27. The molecule has 1 aromatic carbocycles. The number of nitrogens with one attached hydrogen (secondary N) is 1. The number of methoxy groups -OCH3 is 1. The molecular weight excluding hydrogens is 525 g/mol. The predicted molar refractivity (Wildman–Crippen MR) is 136 cm³/mol. The van der Waals surface area contributed by atoms with Gasteiger partial charge in [0.2, 0.25) is 10.0 Å². The molecule has 3 rings (SSSR count). The van der Waals surface area contributed by atoms with Crippen molar-refractivity contribution in [2.24, 2.45) is 5.92 Å². The van der Waals surface area contributed by atoms with Crippen LogP contribution in [0.3, 0.4) is 0 Å². The minimum Gasteiger partial charge on any atom is -0.491 e. The molecule has 1 aliphatic rings. The molecule has 210 valence electrons. The first-order valence-corrected chi connectivity index (χ1v) is 13.7. The Morgan fingerprint density at radius 3 is 2.55 bits per heavy atom. The fraction of sp³-hybridized carbons (Fsp3) is 0.520. The number of carbonyl (C=O) groups excluding carboxylic acids is 1. The summed E-state index contributed by atoms with van der Waals surface area (Å²) in [4.78, 5) is 21.4. The number of rotatable bonds is 6. The number of hydrogen-bond donors (Lipinski definition) is 1. The predicted octanol–water partition coefficient (Wildman–Crippen LogP) is 3.39. The van der Waals surface area contributed by atoms with Crippen molar-refractivity contribution in [3.8, 4) is 5.75 Å². The van der Waals surface area contributed by atoms with Crippen LogP contribution in [-0.4, -0.2) is 87.0 Å². The number of pyridine rings is 1. The second-order valence-electron chi connectivity index (χ2n) is 9.53. The Morgan fingerprint density at radius 1 is 1.18 bits per heavy atom. The van der Waals surface area contributed by atoms with E-state index in [9.17, 15) is 26.4 Å². The number of nitrogens with zero attached hydrogens (tertiary/aromatic N) is 3. The number of ether oxygens (including phenoxy) is 2. The Kier molecular flexibility index (Phi) is 9.60. The standard InChI is InChI=1S/C25H33F3N4O5S/c1-17-12-32(13-20-7-5-6-10-29-20)18(2)15-37-22-9-8-19(30-38(34,35)16-25(26,27)28)11-21(22)24(33)31(3)14-23(17)36-4/h5-11,17-18,23,30H,12-16H2,1-4H3/t17-,18-,23-/m0/s1. The number of anilines is 1. The smallest absolute Gasteiger partial charge is 0.404 e. The summed E-state index contributed by atoms with van der Waals surface area (Å²) in [6.07, 6.45) is -3.50. The van der Waals surface area contributed by atoms with Gasteiger partial charge in [0.25, 0.3) is 5.91 Å². The molecule has 1 amide bonds. The molecule has 3 atom stereocenters. The van der Waals surface area contributed by atoms with Gasteiger partial charge < -0.3 is 14.4 Å². The van der Waals surface area contributed by atoms with E-state index in [-0.39, 0.29) is 48.2 Å². The van der Waals surface area contributed by atoms with E-state index in [4.69, 9.17) is 9.47 Å². The van der Waals surface area contributed by atoms with E-state index in [1.54, 1.807) is 20.4 Å². The fourth-order valence-corrected chi connectivity index (χ4v) is 5.26. The summed E-state index contributed by atoms with van der Waals surface area (Å²) in [5, 5.41) is 0. The molecule has 2 aromatic rings. The van der Waals surface area contributed by atoms with Crippen molar-refractivity contribution < 1.29 is 35.9 Å². The number of amides is 1. The molecule has 0 aliphatic carbocycles. The van der Waals surface area contributed by atoms with Crippen molar-refractivity contribution in [3.63, 3.8) is 0 Å². The van der Waals surface area contributed by atoms with Gasteiger partial charge in [-0.3, -0.25) is 19.4 Å². The van der Waals surface area contributed by atoms with E-state index in [0.717, 1.165) is 5.69 Å². The van der Waals surface area contributed by atoms with Gasteiger partial charge in [-0.2, -0.15) is 13.2 Å². The Bertz CT molecular complexity index is 1200. The maximum Gasteiger partial charge on any atom is 0.404 e. The highest BCUT2D eigenvalue weighted by atomic mass is 32.2. The number of sulfonamides is 1. The van der Waals surface area contributed by atoms with Gasteiger partial charge >= 0.3 is 6.18 Å². The van der Waals surface area contributed by atoms with Crippen LogP contribution < -0.4 is 9.46 Å². The van der Waals surface area contributed by atoms with E-state index >= 15 is 0 Å². The zero-order chi connectivity index (χ0) is 28.1. The van der Waals surface area contributed by atoms with Crippen LogP contribution in [0.25, 0.3) is 0 Å². The van der Waals surface area contributed by atoms with Crippen molar-refractivity contribution in [1.82, 2.24) is 14.8 Å². The molecule has 0 bridgehead atoms. The van der Waals surface area contributed by atoms with Crippen LogP contribution in [0.4, 0.5) is 18.9 Å². The third kappa shape index (κ3) is 8.30. The molecule has 0 spiro atoms. The Labute approximate surface area is 221 Å². The maximum atomic E-state index is 13.4. The second kappa shape index (κ2) is 12.3. The van der Waals surface area contributed by atoms with Crippen LogP contribution in [-0.2, 0) is 21.3 Å². The van der Waals surface area contributed by atoms with Crippen molar-refractivity contribution in [1.29, 1.82) is 0 Å². The van der Waals surface area contributed by atoms with Gasteiger partial charge in [0.15, 0.2) is 5.75 Å². The summed E-state index contributed by atoms with van der Waals surface area (Å²) in [5.74, 6) is -2.32. The highest BCUT2D eigenvalue weighted by Gasteiger charge is 2.35. The van der Waals surface area contributed by atoms with Crippen molar-refractivity contribution in [2.45, 2.75) is 38.7 Å².